The van der Waals surface area contributed by atoms with E-state index in [2.05, 4.69) is 25.1 Å². The van der Waals surface area contributed by atoms with Gasteiger partial charge in [-0.1, -0.05) is 12.1 Å². The monoisotopic (exact) mass is 352 g/mol. The predicted octanol–water partition coefficient (Wildman–Crippen LogP) is 0.584. The maximum atomic E-state index is 12.8. The minimum atomic E-state index is -0.164. The van der Waals surface area contributed by atoms with Gasteiger partial charge >= 0.3 is 0 Å². The van der Waals surface area contributed by atoms with Gasteiger partial charge in [0.1, 0.15) is 6.54 Å². The van der Waals surface area contributed by atoms with Crippen LogP contribution in [0.1, 0.15) is 0 Å². The molecule has 0 unspecified atom stereocenters. The van der Waals surface area contributed by atoms with Crippen molar-refractivity contribution in [1.29, 1.82) is 0 Å². The fraction of sp³-hybridized carbons (Fsp3) is 0.333. The maximum absolute atomic E-state index is 12.8. The van der Waals surface area contributed by atoms with Crippen LogP contribution in [0, 0.1) is 0 Å². The first kappa shape index (κ1) is 16.5. The van der Waals surface area contributed by atoms with Gasteiger partial charge < -0.3 is 10.2 Å². The Hall–Kier alpha value is -3.00. The Morgan fingerprint density at radius 1 is 1.04 bits per heavy atom. The van der Waals surface area contributed by atoms with Gasteiger partial charge in [0.05, 0.1) is 17.9 Å². The normalized spacial score (nSPS) is 17.6. The Morgan fingerprint density at radius 3 is 2.54 bits per heavy atom. The van der Waals surface area contributed by atoms with E-state index in [1.165, 1.54) is 0 Å². The van der Waals surface area contributed by atoms with E-state index in [1.807, 2.05) is 24.3 Å². The number of carbonyl (C=O) groups is 2. The summed E-state index contributed by atoms with van der Waals surface area (Å²) in [5.41, 5.74) is 1.44. The van der Waals surface area contributed by atoms with Gasteiger partial charge in [0.2, 0.25) is 17.8 Å². The third kappa shape index (κ3) is 3.36. The Labute approximate surface area is 151 Å². The number of hydrogen-bond acceptors (Lipinski definition) is 6. The zero-order valence-corrected chi connectivity index (χ0v) is 14.3. The molecule has 1 fully saturated rings. The molecule has 1 saturated heterocycles. The summed E-state index contributed by atoms with van der Waals surface area (Å²) in [7, 11) is 0. The number of aromatic nitrogens is 2. The SMILES string of the molecule is O=C1CN(C(=O)CN2CCN(c3ncccn3)CC2)c2ccccc2N1. The molecule has 0 spiro atoms. The number of benzene rings is 1. The fourth-order valence-corrected chi connectivity index (χ4v) is 3.29. The number of anilines is 3. The number of nitrogens with one attached hydrogen (secondary N) is 1. The van der Waals surface area contributed by atoms with Crippen molar-refractivity contribution in [2.75, 3.05) is 54.4 Å². The third-order valence-electron chi connectivity index (χ3n) is 4.64. The summed E-state index contributed by atoms with van der Waals surface area (Å²) in [4.78, 5) is 39.0. The first-order valence-electron chi connectivity index (χ1n) is 8.64. The highest BCUT2D eigenvalue weighted by Crippen LogP contribution is 2.29. The number of nitrogens with zero attached hydrogens (tertiary/aromatic N) is 5. The summed E-state index contributed by atoms with van der Waals surface area (Å²) in [6, 6.07) is 9.18. The molecule has 0 saturated carbocycles. The molecule has 0 radical (unpaired) electrons. The summed E-state index contributed by atoms with van der Waals surface area (Å²) in [5.74, 6) is 0.500. The van der Waals surface area contributed by atoms with Gasteiger partial charge in [0.25, 0.3) is 0 Å². The van der Waals surface area contributed by atoms with Gasteiger partial charge in [-0.15, -0.1) is 0 Å². The summed E-state index contributed by atoms with van der Waals surface area (Å²) in [5, 5.41) is 2.81. The Kier molecular flexibility index (Phi) is 4.49. The average Bonchev–Trinajstić information content (AvgIpc) is 2.68. The Morgan fingerprint density at radius 2 is 1.77 bits per heavy atom. The van der Waals surface area contributed by atoms with E-state index in [9.17, 15) is 9.59 Å². The second kappa shape index (κ2) is 7.09. The molecule has 3 heterocycles. The van der Waals surface area contributed by atoms with Crippen molar-refractivity contribution < 1.29 is 9.59 Å². The van der Waals surface area contributed by atoms with Crippen LogP contribution in [0.4, 0.5) is 17.3 Å². The van der Waals surface area contributed by atoms with E-state index in [4.69, 9.17) is 0 Å². The van der Waals surface area contributed by atoms with E-state index >= 15 is 0 Å². The van der Waals surface area contributed by atoms with Crippen molar-refractivity contribution in [1.82, 2.24) is 14.9 Å². The van der Waals surface area contributed by atoms with Gasteiger partial charge in [-0.05, 0) is 18.2 Å². The van der Waals surface area contributed by atoms with E-state index in [0.717, 1.165) is 37.8 Å². The predicted molar refractivity (Wildman–Crippen MR) is 98.1 cm³/mol. The standard InChI is InChI=1S/C18H20N6O2/c25-16-12-24(15-5-2-1-4-14(15)21-16)17(26)13-22-8-10-23(11-9-22)18-19-6-3-7-20-18/h1-7H,8-13H2,(H,21,25). The molecule has 2 aliphatic heterocycles. The smallest absolute Gasteiger partial charge is 0.244 e. The van der Waals surface area contributed by atoms with Crippen molar-refractivity contribution in [3.63, 3.8) is 0 Å². The summed E-state index contributed by atoms with van der Waals surface area (Å²) < 4.78 is 0. The molecule has 8 heteroatoms. The van der Waals surface area contributed by atoms with Gasteiger partial charge in [-0.25, -0.2) is 9.97 Å². The van der Waals surface area contributed by atoms with Gasteiger partial charge in [0, 0.05) is 38.6 Å². The van der Waals surface area contributed by atoms with Crippen molar-refractivity contribution in [3.05, 3.63) is 42.7 Å². The van der Waals surface area contributed by atoms with Crippen LogP contribution < -0.4 is 15.1 Å². The highest BCUT2D eigenvalue weighted by molar-refractivity contribution is 6.10. The number of para-hydroxylation sites is 2. The van der Waals surface area contributed by atoms with E-state index < -0.39 is 0 Å². The van der Waals surface area contributed by atoms with E-state index in [0.29, 0.717) is 12.2 Å². The van der Waals surface area contributed by atoms with Crippen molar-refractivity contribution in [3.8, 4) is 0 Å². The molecular formula is C18H20N6O2. The summed E-state index contributed by atoms with van der Waals surface area (Å²) >= 11 is 0. The quantitative estimate of drug-likeness (QED) is 0.870. The molecule has 1 N–H and O–H groups in total. The molecule has 0 bridgehead atoms. The van der Waals surface area contributed by atoms with Gasteiger partial charge in [-0.3, -0.25) is 19.4 Å². The highest BCUT2D eigenvalue weighted by atomic mass is 16.2. The van der Waals surface area contributed by atoms with Gasteiger partial charge in [0.15, 0.2) is 0 Å². The number of amides is 2. The topological polar surface area (TPSA) is 81.7 Å². The number of rotatable bonds is 3. The molecule has 2 aliphatic rings. The van der Waals surface area contributed by atoms with Crippen LogP contribution in [0.3, 0.4) is 0 Å². The Balaban J connectivity index is 1.38. The van der Waals surface area contributed by atoms with Gasteiger partial charge in [-0.2, -0.15) is 0 Å². The lowest BCUT2D eigenvalue weighted by atomic mass is 10.2. The first-order chi connectivity index (χ1) is 12.7. The molecule has 2 amide bonds. The number of piperazine rings is 1. The Bertz CT molecular complexity index is 804. The van der Waals surface area contributed by atoms with Crippen LogP contribution in [0.2, 0.25) is 0 Å². The molecule has 0 aliphatic carbocycles. The zero-order valence-electron chi connectivity index (χ0n) is 14.3. The van der Waals surface area contributed by atoms with Crippen LogP contribution in [-0.4, -0.2) is 66.0 Å². The molecule has 2 aromatic rings. The summed E-state index contributed by atoms with van der Waals surface area (Å²) in [6.07, 6.45) is 3.47. The summed E-state index contributed by atoms with van der Waals surface area (Å²) in [6.45, 7) is 3.42. The van der Waals surface area contributed by atoms with E-state index in [1.54, 1.807) is 23.4 Å². The van der Waals surface area contributed by atoms with Crippen molar-refractivity contribution in [2.24, 2.45) is 0 Å². The zero-order chi connectivity index (χ0) is 17.9. The van der Waals surface area contributed by atoms with Crippen LogP contribution >= 0.6 is 0 Å². The molecule has 134 valence electrons. The first-order valence-corrected chi connectivity index (χ1v) is 8.64. The van der Waals surface area contributed by atoms with Crippen LogP contribution in [0.5, 0.6) is 0 Å². The average molecular weight is 352 g/mol. The van der Waals surface area contributed by atoms with E-state index in [-0.39, 0.29) is 18.4 Å². The second-order valence-electron chi connectivity index (χ2n) is 6.36. The minimum absolute atomic E-state index is 0.0586. The molecule has 26 heavy (non-hydrogen) atoms. The van der Waals surface area contributed by atoms with Crippen molar-refractivity contribution >= 4 is 29.1 Å². The molecule has 1 aromatic heterocycles. The fourth-order valence-electron chi connectivity index (χ4n) is 3.29. The lowest BCUT2D eigenvalue weighted by molar-refractivity contribution is -0.122. The molecule has 1 aromatic carbocycles. The minimum Gasteiger partial charge on any atom is -0.338 e. The molecule has 4 rings (SSSR count). The number of hydrogen-bond donors (Lipinski definition) is 1. The number of fused-ring (bicyclic) bond motifs is 1. The number of carbonyl (C=O) groups excluding carboxylic acids is 2. The van der Waals surface area contributed by atoms with Crippen LogP contribution in [0.25, 0.3) is 0 Å². The van der Waals surface area contributed by atoms with Crippen molar-refractivity contribution in [2.45, 2.75) is 0 Å². The second-order valence-corrected chi connectivity index (χ2v) is 6.36. The highest BCUT2D eigenvalue weighted by Gasteiger charge is 2.28. The van der Waals surface area contributed by atoms with Crippen LogP contribution in [0.15, 0.2) is 42.7 Å². The molecule has 0 atom stereocenters. The van der Waals surface area contributed by atoms with Crippen LogP contribution in [-0.2, 0) is 9.59 Å². The lowest BCUT2D eigenvalue weighted by Gasteiger charge is -2.36. The molecule has 8 nitrogen and oxygen atoms in total. The largest absolute Gasteiger partial charge is 0.338 e. The lowest BCUT2D eigenvalue weighted by Crippen LogP contribution is -2.52. The molecular weight excluding hydrogens is 332 g/mol. The maximum Gasteiger partial charge on any atom is 0.244 e. The third-order valence-corrected chi connectivity index (χ3v) is 4.64.